The van der Waals surface area contributed by atoms with Crippen LogP contribution in [0, 0.1) is 0 Å². The van der Waals surface area contributed by atoms with Crippen LogP contribution < -0.4 is 5.32 Å². The van der Waals surface area contributed by atoms with Crippen LogP contribution in [0.15, 0.2) is 18.2 Å². The van der Waals surface area contributed by atoms with Gasteiger partial charge in [-0.15, -0.1) is 0 Å². The number of carbonyl (C=O) groups is 2. The van der Waals surface area contributed by atoms with Crippen LogP contribution in [0.3, 0.4) is 0 Å². The fraction of sp³-hybridized carbons (Fsp3) is 0.467. The van der Waals surface area contributed by atoms with Crippen LogP contribution in [-0.2, 0) is 17.6 Å². The Hall–Kier alpha value is -2.04. The molecule has 1 saturated heterocycles. The van der Waals surface area contributed by atoms with Crippen molar-refractivity contribution in [3.63, 3.8) is 0 Å². The van der Waals surface area contributed by atoms with Crippen LogP contribution in [-0.4, -0.2) is 34.6 Å². The van der Waals surface area contributed by atoms with E-state index in [-0.39, 0.29) is 6.03 Å². The molecule has 1 aliphatic carbocycles. The molecule has 0 bridgehead atoms. The van der Waals surface area contributed by atoms with Crippen LogP contribution >= 0.6 is 0 Å². The van der Waals surface area contributed by atoms with Crippen LogP contribution in [0.4, 0.5) is 10.5 Å². The third-order valence-corrected chi connectivity index (χ3v) is 4.15. The molecule has 0 saturated carbocycles. The fourth-order valence-electron chi connectivity index (χ4n) is 3.11. The van der Waals surface area contributed by atoms with Crippen molar-refractivity contribution in [2.45, 2.75) is 38.1 Å². The van der Waals surface area contributed by atoms with Crippen LogP contribution in [0.2, 0.25) is 0 Å². The summed E-state index contributed by atoms with van der Waals surface area (Å²) in [5.74, 6) is -0.924. The van der Waals surface area contributed by atoms with Gasteiger partial charge in [0.25, 0.3) is 0 Å². The number of hydrogen-bond acceptors (Lipinski definition) is 2. The van der Waals surface area contributed by atoms with Gasteiger partial charge in [0.15, 0.2) is 0 Å². The van der Waals surface area contributed by atoms with Gasteiger partial charge in [0, 0.05) is 12.2 Å². The van der Waals surface area contributed by atoms with Gasteiger partial charge in [0.2, 0.25) is 0 Å². The number of carbonyl (C=O) groups excluding carboxylic acids is 1. The van der Waals surface area contributed by atoms with E-state index in [0.29, 0.717) is 13.0 Å². The molecule has 2 N–H and O–H groups in total. The van der Waals surface area contributed by atoms with Gasteiger partial charge in [-0.2, -0.15) is 0 Å². The Bertz CT molecular complexity index is 556. The van der Waals surface area contributed by atoms with Crippen molar-refractivity contribution in [3.05, 3.63) is 29.3 Å². The van der Waals surface area contributed by atoms with Crippen molar-refractivity contribution < 1.29 is 14.7 Å². The number of fused-ring (bicyclic) bond motifs is 1. The Balaban J connectivity index is 1.71. The molecule has 1 atom stereocenters. The second-order valence-corrected chi connectivity index (χ2v) is 5.46. The van der Waals surface area contributed by atoms with E-state index in [9.17, 15) is 9.59 Å². The Morgan fingerprint density at radius 1 is 1.20 bits per heavy atom. The summed E-state index contributed by atoms with van der Waals surface area (Å²) in [4.78, 5) is 24.7. The average molecular weight is 274 g/mol. The molecule has 0 unspecified atom stereocenters. The highest BCUT2D eigenvalue weighted by atomic mass is 16.4. The monoisotopic (exact) mass is 274 g/mol. The lowest BCUT2D eigenvalue weighted by atomic mass is 10.1. The molecule has 1 aromatic carbocycles. The topological polar surface area (TPSA) is 69.6 Å². The summed E-state index contributed by atoms with van der Waals surface area (Å²) in [5.41, 5.74) is 3.40. The van der Waals surface area contributed by atoms with E-state index in [1.165, 1.54) is 22.4 Å². The summed E-state index contributed by atoms with van der Waals surface area (Å²) in [7, 11) is 0. The predicted molar refractivity (Wildman–Crippen MR) is 74.8 cm³/mol. The molecule has 0 radical (unpaired) electrons. The van der Waals surface area contributed by atoms with E-state index >= 15 is 0 Å². The van der Waals surface area contributed by atoms with Crippen LogP contribution in [0.1, 0.15) is 30.4 Å². The van der Waals surface area contributed by atoms with E-state index in [4.69, 9.17) is 5.11 Å². The number of carboxylic acid groups (broad SMARTS) is 1. The molecule has 5 nitrogen and oxygen atoms in total. The number of rotatable bonds is 2. The summed E-state index contributed by atoms with van der Waals surface area (Å²) >= 11 is 0. The molecule has 5 heteroatoms. The van der Waals surface area contributed by atoms with Crippen LogP contribution in [0.25, 0.3) is 0 Å². The maximum atomic E-state index is 12.2. The van der Waals surface area contributed by atoms with E-state index in [2.05, 4.69) is 11.4 Å². The van der Waals surface area contributed by atoms with E-state index in [1.54, 1.807) is 0 Å². The number of anilines is 1. The summed E-state index contributed by atoms with van der Waals surface area (Å²) < 4.78 is 0. The van der Waals surface area contributed by atoms with E-state index in [1.807, 2.05) is 12.1 Å². The third-order valence-electron chi connectivity index (χ3n) is 4.15. The van der Waals surface area contributed by atoms with Crippen molar-refractivity contribution >= 4 is 17.7 Å². The zero-order valence-electron chi connectivity index (χ0n) is 11.3. The number of aliphatic carboxylic acids is 1. The van der Waals surface area contributed by atoms with Crippen molar-refractivity contribution in [1.82, 2.24) is 4.90 Å². The van der Waals surface area contributed by atoms with Crippen molar-refractivity contribution in [3.8, 4) is 0 Å². The number of nitrogens with one attached hydrogen (secondary N) is 1. The van der Waals surface area contributed by atoms with Crippen molar-refractivity contribution in [2.75, 3.05) is 11.9 Å². The number of nitrogens with zero attached hydrogens (tertiary/aromatic N) is 1. The number of aryl methyl sites for hydroxylation is 2. The first-order valence-corrected chi connectivity index (χ1v) is 7.07. The average Bonchev–Trinajstić information content (AvgIpc) is 3.06. The molecule has 2 amide bonds. The number of urea groups is 1. The fourth-order valence-corrected chi connectivity index (χ4v) is 3.11. The summed E-state index contributed by atoms with van der Waals surface area (Å²) in [6.07, 6.45) is 4.61. The molecule has 1 aliphatic heterocycles. The normalized spacial score (nSPS) is 20.8. The lowest BCUT2D eigenvalue weighted by Gasteiger charge is -2.22. The summed E-state index contributed by atoms with van der Waals surface area (Å²) in [6.45, 7) is 0.508. The Labute approximate surface area is 117 Å². The number of amides is 2. The molecule has 0 spiro atoms. The number of carboxylic acids is 1. The smallest absolute Gasteiger partial charge is 0.326 e. The van der Waals surface area contributed by atoms with E-state index in [0.717, 1.165) is 24.9 Å². The van der Waals surface area contributed by atoms with Gasteiger partial charge in [0.1, 0.15) is 6.04 Å². The van der Waals surface area contributed by atoms with Gasteiger partial charge in [-0.25, -0.2) is 9.59 Å². The van der Waals surface area contributed by atoms with Gasteiger partial charge in [0.05, 0.1) is 0 Å². The minimum atomic E-state index is -0.924. The minimum absolute atomic E-state index is 0.312. The quantitative estimate of drug-likeness (QED) is 0.869. The third kappa shape index (κ3) is 2.35. The van der Waals surface area contributed by atoms with Crippen molar-refractivity contribution in [2.24, 2.45) is 0 Å². The summed E-state index contributed by atoms with van der Waals surface area (Å²) in [5, 5.41) is 11.9. The van der Waals surface area contributed by atoms with Gasteiger partial charge < -0.3 is 15.3 Å². The molecular weight excluding hydrogens is 256 g/mol. The number of benzene rings is 1. The SMILES string of the molecule is O=C(O)[C@H]1CCCN1C(=O)Nc1ccc2c(c1)CCC2. The molecule has 1 heterocycles. The number of likely N-dealkylation sites (tertiary alicyclic amines) is 1. The molecule has 1 aromatic rings. The van der Waals surface area contributed by atoms with E-state index < -0.39 is 12.0 Å². The maximum Gasteiger partial charge on any atom is 0.326 e. The molecular formula is C15H18N2O3. The highest BCUT2D eigenvalue weighted by Gasteiger charge is 2.34. The maximum absolute atomic E-state index is 12.2. The molecule has 2 aliphatic rings. The lowest BCUT2D eigenvalue weighted by molar-refractivity contribution is -0.141. The first-order valence-electron chi connectivity index (χ1n) is 7.07. The highest BCUT2D eigenvalue weighted by molar-refractivity contribution is 5.92. The zero-order valence-corrected chi connectivity index (χ0v) is 11.3. The standard InChI is InChI=1S/C15H18N2O3/c18-14(19)13-5-2-8-17(13)15(20)16-12-7-6-10-3-1-4-11(10)9-12/h6-7,9,13H,1-5,8H2,(H,16,20)(H,18,19)/t13-/m1/s1. The Kier molecular flexibility index (Phi) is 3.34. The second-order valence-electron chi connectivity index (χ2n) is 5.46. The first-order chi connectivity index (χ1) is 9.65. The van der Waals surface area contributed by atoms with Gasteiger partial charge in [-0.05, 0) is 55.4 Å². The molecule has 1 fully saturated rings. The summed E-state index contributed by atoms with van der Waals surface area (Å²) in [6, 6.07) is 4.95. The number of hydrogen-bond donors (Lipinski definition) is 2. The predicted octanol–water partition coefficient (Wildman–Crippen LogP) is 2.26. The van der Waals surface area contributed by atoms with Crippen LogP contribution in [0.5, 0.6) is 0 Å². The van der Waals surface area contributed by atoms with Gasteiger partial charge >= 0.3 is 12.0 Å². The second kappa shape index (κ2) is 5.15. The lowest BCUT2D eigenvalue weighted by Crippen LogP contribution is -2.42. The molecule has 0 aromatic heterocycles. The van der Waals surface area contributed by atoms with Crippen molar-refractivity contribution in [1.29, 1.82) is 0 Å². The molecule has 106 valence electrons. The molecule has 20 heavy (non-hydrogen) atoms. The molecule has 3 rings (SSSR count). The Morgan fingerprint density at radius 3 is 2.80 bits per heavy atom. The Morgan fingerprint density at radius 2 is 2.00 bits per heavy atom. The zero-order chi connectivity index (χ0) is 14.1. The van der Waals surface area contributed by atoms with Gasteiger partial charge in [-0.3, -0.25) is 0 Å². The highest BCUT2D eigenvalue weighted by Crippen LogP contribution is 2.25. The minimum Gasteiger partial charge on any atom is -0.480 e. The largest absolute Gasteiger partial charge is 0.480 e. The first kappa shape index (κ1) is 13.0. The van der Waals surface area contributed by atoms with Gasteiger partial charge in [-0.1, -0.05) is 6.07 Å².